The molecule has 0 radical (unpaired) electrons. The molecule has 2 aromatic heterocycles. The van der Waals surface area contributed by atoms with Crippen LogP contribution in [-0.4, -0.2) is 48.3 Å². The first-order valence-corrected chi connectivity index (χ1v) is 9.47. The SMILES string of the molecule is O=C(NCc1cccnc1N1CCCC1)c1ccc(OC2CCOC2)nc1. The van der Waals surface area contributed by atoms with E-state index in [1.807, 2.05) is 12.1 Å². The maximum absolute atomic E-state index is 12.5. The lowest BCUT2D eigenvalue weighted by Crippen LogP contribution is -2.26. The summed E-state index contributed by atoms with van der Waals surface area (Å²) >= 11 is 0. The zero-order valence-electron chi connectivity index (χ0n) is 15.3. The van der Waals surface area contributed by atoms with Crippen LogP contribution in [-0.2, 0) is 11.3 Å². The number of rotatable bonds is 6. The van der Waals surface area contributed by atoms with E-state index in [2.05, 4.69) is 20.2 Å². The zero-order chi connectivity index (χ0) is 18.5. The molecule has 142 valence electrons. The van der Waals surface area contributed by atoms with Crippen LogP contribution in [0.4, 0.5) is 5.82 Å². The van der Waals surface area contributed by atoms with Gasteiger partial charge >= 0.3 is 0 Å². The average Bonchev–Trinajstić information content (AvgIpc) is 3.41. The molecular weight excluding hydrogens is 344 g/mol. The lowest BCUT2D eigenvalue weighted by molar-refractivity contribution is 0.0950. The number of ether oxygens (including phenoxy) is 2. The van der Waals surface area contributed by atoms with Crippen LogP contribution in [0.3, 0.4) is 0 Å². The smallest absolute Gasteiger partial charge is 0.253 e. The third kappa shape index (κ3) is 4.36. The number of nitrogens with one attached hydrogen (secondary N) is 1. The Hall–Kier alpha value is -2.67. The summed E-state index contributed by atoms with van der Waals surface area (Å²) in [5.41, 5.74) is 1.54. The number of aromatic nitrogens is 2. The van der Waals surface area contributed by atoms with Crippen molar-refractivity contribution in [3.05, 3.63) is 47.8 Å². The highest BCUT2D eigenvalue weighted by molar-refractivity contribution is 5.93. The summed E-state index contributed by atoms with van der Waals surface area (Å²) in [5.74, 6) is 1.33. The highest BCUT2D eigenvalue weighted by Gasteiger charge is 2.19. The Morgan fingerprint density at radius 1 is 1.26 bits per heavy atom. The van der Waals surface area contributed by atoms with Crippen LogP contribution in [0.2, 0.25) is 0 Å². The number of hydrogen-bond acceptors (Lipinski definition) is 6. The summed E-state index contributed by atoms with van der Waals surface area (Å²) in [6, 6.07) is 7.38. The van der Waals surface area contributed by atoms with E-state index in [0.717, 1.165) is 37.5 Å². The van der Waals surface area contributed by atoms with Crippen molar-refractivity contribution in [1.29, 1.82) is 0 Å². The first kappa shape index (κ1) is 17.7. The highest BCUT2D eigenvalue weighted by Crippen LogP contribution is 2.22. The van der Waals surface area contributed by atoms with Gasteiger partial charge in [0.25, 0.3) is 5.91 Å². The van der Waals surface area contributed by atoms with Gasteiger partial charge in [-0.1, -0.05) is 6.07 Å². The molecular formula is C20H24N4O3. The van der Waals surface area contributed by atoms with Crippen LogP contribution >= 0.6 is 0 Å². The van der Waals surface area contributed by atoms with Gasteiger partial charge in [0.05, 0.1) is 18.8 Å². The van der Waals surface area contributed by atoms with E-state index < -0.39 is 0 Å². The Balaban J connectivity index is 1.35. The van der Waals surface area contributed by atoms with E-state index in [0.29, 0.717) is 24.6 Å². The zero-order valence-corrected chi connectivity index (χ0v) is 15.3. The van der Waals surface area contributed by atoms with Gasteiger partial charge in [0.15, 0.2) is 0 Å². The van der Waals surface area contributed by atoms with Crippen molar-refractivity contribution in [2.45, 2.75) is 31.9 Å². The first-order valence-electron chi connectivity index (χ1n) is 9.47. The molecule has 0 aromatic carbocycles. The highest BCUT2D eigenvalue weighted by atomic mass is 16.5. The largest absolute Gasteiger partial charge is 0.472 e. The molecule has 7 nitrogen and oxygen atoms in total. The van der Waals surface area contributed by atoms with E-state index in [1.54, 1.807) is 24.5 Å². The number of hydrogen-bond donors (Lipinski definition) is 1. The summed E-state index contributed by atoms with van der Waals surface area (Å²) in [4.78, 5) is 23.5. The molecule has 2 aromatic rings. The predicted molar refractivity (Wildman–Crippen MR) is 101 cm³/mol. The molecule has 4 heterocycles. The van der Waals surface area contributed by atoms with Gasteiger partial charge in [0.1, 0.15) is 11.9 Å². The first-order chi connectivity index (χ1) is 13.3. The average molecular weight is 368 g/mol. The van der Waals surface area contributed by atoms with Crippen LogP contribution in [0.15, 0.2) is 36.7 Å². The number of carbonyl (C=O) groups is 1. The Bertz CT molecular complexity index is 769. The van der Waals surface area contributed by atoms with Gasteiger partial charge in [0, 0.05) is 50.1 Å². The minimum absolute atomic E-state index is 0.0479. The van der Waals surface area contributed by atoms with Crippen LogP contribution in [0.5, 0.6) is 5.88 Å². The maximum Gasteiger partial charge on any atom is 0.253 e. The molecule has 1 unspecified atom stereocenters. The fraction of sp³-hybridized carbons (Fsp3) is 0.450. The fourth-order valence-corrected chi connectivity index (χ4v) is 3.42. The van der Waals surface area contributed by atoms with E-state index in [-0.39, 0.29) is 12.0 Å². The molecule has 1 N–H and O–H groups in total. The molecule has 0 aliphatic carbocycles. The van der Waals surface area contributed by atoms with Crippen molar-refractivity contribution in [3.63, 3.8) is 0 Å². The van der Waals surface area contributed by atoms with Gasteiger partial charge in [-0.2, -0.15) is 0 Å². The van der Waals surface area contributed by atoms with Crippen molar-refractivity contribution in [2.24, 2.45) is 0 Å². The molecule has 1 atom stereocenters. The molecule has 0 saturated carbocycles. The van der Waals surface area contributed by atoms with Gasteiger partial charge in [0.2, 0.25) is 5.88 Å². The second-order valence-corrected chi connectivity index (χ2v) is 6.85. The van der Waals surface area contributed by atoms with Crippen LogP contribution < -0.4 is 15.0 Å². The van der Waals surface area contributed by atoms with E-state index >= 15 is 0 Å². The molecule has 0 bridgehead atoms. The van der Waals surface area contributed by atoms with Gasteiger partial charge < -0.3 is 19.7 Å². The van der Waals surface area contributed by atoms with Gasteiger partial charge in [-0.05, 0) is 25.0 Å². The maximum atomic E-state index is 12.5. The number of pyridine rings is 2. The number of carbonyl (C=O) groups excluding carboxylic acids is 1. The molecule has 27 heavy (non-hydrogen) atoms. The Labute approximate surface area is 158 Å². The number of nitrogens with zero attached hydrogens (tertiary/aromatic N) is 3. The summed E-state index contributed by atoms with van der Waals surface area (Å²) in [6.45, 7) is 3.80. The van der Waals surface area contributed by atoms with Crippen LogP contribution in [0.25, 0.3) is 0 Å². The quantitative estimate of drug-likeness (QED) is 0.842. The standard InChI is InChI=1S/C20H24N4O3/c25-20(16-5-6-18(22-13-16)27-17-7-11-26-14-17)23-12-15-4-3-8-21-19(15)24-9-1-2-10-24/h3-6,8,13,17H,1-2,7,9-12,14H2,(H,23,25). The van der Waals surface area contributed by atoms with Gasteiger partial charge in [-0.3, -0.25) is 4.79 Å². The van der Waals surface area contributed by atoms with Crippen LogP contribution in [0, 0.1) is 0 Å². The monoisotopic (exact) mass is 368 g/mol. The number of anilines is 1. The lowest BCUT2D eigenvalue weighted by atomic mass is 10.2. The molecule has 2 aliphatic heterocycles. The lowest BCUT2D eigenvalue weighted by Gasteiger charge is -2.20. The predicted octanol–water partition coefficient (Wildman–Crippen LogP) is 2.17. The summed E-state index contributed by atoms with van der Waals surface area (Å²) < 4.78 is 11.0. The van der Waals surface area contributed by atoms with Crippen molar-refractivity contribution >= 4 is 11.7 Å². The normalized spacial score (nSPS) is 19.3. The Kier molecular flexibility index (Phi) is 5.48. The third-order valence-corrected chi connectivity index (χ3v) is 4.89. The minimum atomic E-state index is -0.158. The Morgan fingerprint density at radius 3 is 2.89 bits per heavy atom. The molecule has 2 fully saturated rings. The Morgan fingerprint density at radius 2 is 2.15 bits per heavy atom. The second-order valence-electron chi connectivity index (χ2n) is 6.85. The van der Waals surface area contributed by atoms with Crippen molar-refractivity contribution in [3.8, 4) is 5.88 Å². The van der Waals surface area contributed by atoms with E-state index in [4.69, 9.17) is 9.47 Å². The van der Waals surface area contributed by atoms with Gasteiger partial charge in [-0.25, -0.2) is 9.97 Å². The summed E-state index contributed by atoms with van der Waals surface area (Å²) in [6.07, 6.45) is 6.65. The number of amides is 1. The molecule has 2 saturated heterocycles. The van der Waals surface area contributed by atoms with Crippen molar-refractivity contribution in [1.82, 2.24) is 15.3 Å². The molecule has 7 heteroatoms. The molecule has 1 amide bonds. The topological polar surface area (TPSA) is 76.6 Å². The fourth-order valence-electron chi connectivity index (χ4n) is 3.42. The van der Waals surface area contributed by atoms with Crippen molar-refractivity contribution < 1.29 is 14.3 Å². The van der Waals surface area contributed by atoms with E-state index in [1.165, 1.54) is 12.8 Å². The minimum Gasteiger partial charge on any atom is -0.472 e. The van der Waals surface area contributed by atoms with Crippen molar-refractivity contribution in [2.75, 3.05) is 31.2 Å². The molecule has 4 rings (SSSR count). The van der Waals surface area contributed by atoms with Gasteiger partial charge in [-0.15, -0.1) is 0 Å². The summed E-state index contributed by atoms with van der Waals surface area (Å²) in [7, 11) is 0. The molecule has 0 spiro atoms. The van der Waals surface area contributed by atoms with Crippen LogP contribution in [0.1, 0.15) is 35.2 Å². The molecule has 2 aliphatic rings. The second kappa shape index (κ2) is 8.35. The van der Waals surface area contributed by atoms with E-state index in [9.17, 15) is 4.79 Å². The summed E-state index contributed by atoms with van der Waals surface area (Å²) in [5, 5.41) is 2.97. The third-order valence-electron chi connectivity index (χ3n) is 4.89.